The van der Waals surface area contributed by atoms with Gasteiger partial charge in [-0.05, 0) is 24.3 Å². The lowest BCUT2D eigenvalue weighted by molar-refractivity contribution is -0.115. The van der Waals surface area contributed by atoms with Crippen LogP contribution < -0.4 is 21.5 Å². The van der Waals surface area contributed by atoms with Crippen LogP contribution in [0.25, 0.3) is 0 Å². The maximum atomic E-state index is 12.4. The molecule has 29 heavy (non-hydrogen) atoms. The Balaban J connectivity index is 1.67. The molecule has 1 aromatic heterocycles. The minimum atomic E-state index is -0.590. The second kappa shape index (κ2) is 9.07. The summed E-state index contributed by atoms with van der Waals surface area (Å²) in [5.41, 5.74) is 6.28. The van der Waals surface area contributed by atoms with Crippen molar-refractivity contribution in [3.05, 3.63) is 76.6 Å². The van der Waals surface area contributed by atoms with Crippen LogP contribution in [0.4, 0.5) is 17.2 Å². The number of benzene rings is 2. The number of aromatic amines is 1. The van der Waals surface area contributed by atoms with Crippen molar-refractivity contribution in [2.45, 2.75) is 5.16 Å². The first-order valence-electron chi connectivity index (χ1n) is 8.66. The fraction of sp³-hybridized carbons (Fsp3) is 0.100. The number of nitrogens with two attached hydrogens (primary N) is 1. The molecule has 0 bridgehead atoms. The second-order valence-electron chi connectivity index (χ2n) is 6.03. The van der Waals surface area contributed by atoms with Crippen molar-refractivity contribution >= 4 is 40.8 Å². The number of para-hydroxylation sites is 1. The molecule has 0 unspecified atom stereocenters. The first kappa shape index (κ1) is 20.2. The number of rotatable bonds is 6. The largest absolute Gasteiger partial charge is 0.382 e. The minimum absolute atomic E-state index is 0.0590. The van der Waals surface area contributed by atoms with Crippen molar-refractivity contribution in [2.75, 3.05) is 28.8 Å². The summed E-state index contributed by atoms with van der Waals surface area (Å²) in [6.45, 7) is 0. The van der Waals surface area contributed by atoms with Gasteiger partial charge in [0.2, 0.25) is 5.91 Å². The minimum Gasteiger partial charge on any atom is -0.382 e. The van der Waals surface area contributed by atoms with Crippen LogP contribution in [-0.2, 0) is 4.79 Å². The van der Waals surface area contributed by atoms with E-state index in [2.05, 4.69) is 15.3 Å². The van der Waals surface area contributed by atoms with Crippen LogP contribution in [0.5, 0.6) is 0 Å². The van der Waals surface area contributed by atoms with E-state index in [4.69, 9.17) is 5.73 Å². The summed E-state index contributed by atoms with van der Waals surface area (Å²) in [5, 5.41) is 2.67. The van der Waals surface area contributed by atoms with Crippen LogP contribution in [0.15, 0.2) is 70.6 Å². The number of aromatic nitrogens is 2. The Kier molecular flexibility index (Phi) is 6.30. The van der Waals surface area contributed by atoms with E-state index in [9.17, 15) is 14.4 Å². The van der Waals surface area contributed by atoms with E-state index in [1.807, 2.05) is 30.3 Å². The number of anilines is 3. The molecule has 148 valence electrons. The zero-order chi connectivity index (χ0) is 20.8. The number of carbonyl (C=O) groups is 2. The number of hydrogen-bond acceptors (Lipinski definition) is 6. The monoisotopic (exact) mass is 409 g/mol. The number of nitrogens with one attached hydrogen (secondary N) is 2. The number of H-pyrrole nitrogens is 1. The third-order valence-electron chi connectivity index (χ3n) is 4.05. The van der Waals surface area contributed by atoms with E-state index in [0.717, 1.165) is 17.4 Å². The van der Waals surface area contributed by atoms with Crippen LogP contribution in [-0.4, -0.2) is 34.6 Å². The molecule has 0 saturated carbocycles. The van der Waals surface area contributed by atoms with Gasteiger partial charge in [-0.1, -0.05) is 48.2 Å². The van der Waals surface area contributed by atoms with Crippen LogP contribution in [0.2, 0.25) is 0 Å². The number of carbonyl (C=O) groups excluding carboxylic acids is 2. The molecule has 9 heteroatoms. The second-order valence-corrected chi connectivity index (χ2v) is 6.99. The summed E-state index contributed by atoms with van der Waals surface area (Å²) in [7, 11) is 1.67. The van der Waals surface area contributed by atoms with Gasteiger partial charge in [-0.25, -0.2) is 4.98 Å². The molecule has 3 rings (SSSR count). The first-order valence-corrected chi connectivity index (χ1v) is 9.65. The van der Waals surface area contributed by atoms with Crippen LogP contribution in [0.1, 0.15) is 10.4 Å². The van der Waals surface area contributed by atoms with Gasteiger partial charge < -0.3 is 16.0 Å². The number of nitrogen functional groups attached to an aromatic ring is 1. The lowest BCUT2D eigenvalue weighted by Crippen LogP contribution is -2.28. The molecule has 0 aliphatic heterocycles. The highest BCUT2D eigenvalue weighted by atomic mass is 32.2. The summed E-state index contributed by atoms with van der Waals surface area (Å²) >= 11 is 1.05. The van der Waals surface area contributed by atoms with Gasteiger partial charge in [0.05, 0.1) is 5.75 Å². The standard InChI is InChI=1S/C20H19N5O3S/c1-25(14-10-6-3-7-11-14)15(26)12-29-20-23-17(21)16(19(28)24-20)22-18(27)13-8-4-2-5-9-13/h2-11H,12H2,1H3,(H,22,27)(H3,21,23,24,28). The summed E-state index contributed by atoms with van der Waals surface area (Å²) in [5.74, 6) is -0.693. The van der Waals surface area contributed by atoms with Crippen molar-refractivity contribution in [2.24, 2.45) is 0 Å². The number of nitrogens with zero attached hydrogens (tertiary/aromatic N) is 2. The third-order valence-corrected chi connectivity index (χ3v) is 4.91. The molecule has 0 saturated heterocycles. The fourth-order valence-corrected chi connectivity index (χ4v) is 3.24. The Morgan fingerprint density at radius 2 is 1.72 bits per heavy atom. The molecule has 1 heterocycles. The summed E-state index contributed by atoms with van der Waals surface area (Å²) < 4.78 is 0. The lowest BCUT2D eigenvalue weighted by atomic mass is 10.2. The van der Waals surface area contributed by atoms with Gasteiger partial charge in [-0.2, -0.15) is 0 Å². The Morgan fingerprint density at radius 3 is 2.34 bits per heavy atom. The number of thioether (sulfide) groups is 1. The molecule has 0 spiro atoms. The molecule has 2 aromatic carbocycles. The molecular weight excluding hydrogens is 390 g/mol. The number of hydrogen-bond donors (Lipinski definition) is 3. The molecule has 0 atom stereocenters. The predicted octanol–water partition coefficient (Wildman–Crippen LogP) is 2.36. The van der Waals surface area contributed by atoms with E-state index in [-0.39, 0.29) is 28.3 Å². The summed E-state index contributed by atoms with van der Waals surface area (Å²) in [6.07, 6.45) is 0. The Labute approximate surface area is 171 Å². The highest BCUT2D eigenvalue weighted by Gasteiger charge is 2.16. The molecule has 0 aliphatic carbocycles. The van der Waals surface area contributed by atoms with Crippen LogP contribution in [0.3, 0.4) is 0 Å². The normalized spacial score (nSPS) is 10.4. The molecule has 8 nitrogen and oxygen atoms in total. The summed E-state index contributed by atoms with van der Waals surface area (Å²) in [6, 6.07) is 17.6. The van der Waals surface area contributed by atoms with Crippen molar-refractivity contribution in [3.8, 4) is 0 Å². The fourth-order valence-electron chi connectivity index (χ4n) is 2.46. The van der Waals surface area contributed by atoms with Crippen LogP contribution >= 0.6 is 11.8 Å². The molecule has 3 aromatic rings. The Morgan fingerprint density at radius 1 is 1.10 bits per heavy atom. The van der Waals surface area contributed by atoms with E-state index >= 15 is 0 Å². The lowest BCUT2D eigenvalue weighted by Gasteiger charge is -2.16. The van der Waals surface area contributed by atoms with E-state index in [1.54, 1.807) is 37.4 Å². The maximum absolute atomic E-state index is 12.4. The van der Waals surface area contributed by atoms with Crippen molar-refractivity contribution in [1.29, 1.82) is 0 Å². The average Bonchev–Trinajstić information content (AvgIpc) is 2.75. The van der Waals surface area contributed by atoms with Crippen molar-refractivity contribution < 1.29 is 9.59 Å². The highest BCUT2D eigenvalue weighted by molar-refractivity contribution is 7.99. The van der Waals surface area contributed by atoms with E-state index < -0.39 is 11.5 Å². The average molecular weight is 409 g/mol. The van der Waals surface area contributed by atoms with Gasteiger partial charge >= 0.3 is 0 Å². The predicted molar refractivity (Wildman–Crippen MR) is 114 cm³/mol. The Hall–Kier alpha value is -3.59. The van der Waals surface area contributed by atoms with Crippen molar-refractivity contribution in [3.63, 3.8) is 0 Å². The molecule has 2 amide bonds. The van der Waals surface area contributed by atoms with Crippen molar-refractivity contribution in [1.82, 2.24) is 9.97 Å². The quantitative estimate of drug-likeness (QED) is 0.424. The first-order chi connectivity index (χ1) is 14.0. The van der Waals surface area contributed by atoms with Gasteiger partial charge in [0.25, 0.3) is 11.5 Å². The van der Waals surface area contributed by atoms with Gasteiger partial charge in [0.1, 0.15) is 5.69 Å². The molecule has 0 radical (unpaired) electrons. The topological polar surface area (TPSA) is 121 Å². The van der Waals surface area contributed by atoms with Gasteiger partial charge in [0.15, 0.2) is 11.0 Å². The zero-order valence-corrected chi connectivity index (χ0v) is 16.4. The van der Waals surface area contributed by atoms with Gasteiger partial charge in [0, 0.05) is 18.3 Å². The highest BCUT2D eigenvalue weighted by Crippen LogP contribution is 2.19. The molecular formula is C20H19N5O3S. The zero-order valence-electron chi connectivity index (χ0n) is 15.6. The smallest absolute Gasteiger partial charge is 0.277 e. The summed E-state index contributed by atoms with van der Waals surface area (Å²) in [4.78, 5) is 45.0. The third kappa shape index (κ3) is 5.02. The molecule has 4 N–H and O–H groups in total. The van der Waals surface area contributed by atoms with Gasteiger partial charge in [-0.15, -0.1) is 0 Å². The molecule has 0 fully saturated rings. The van der Waals surface area contributed by atoms with Gasteiger partial charge in [-0.3, -0.25) is 19.4 Å². The molecule has 0 aliphatic rings. The Bertz CT molecular complexity index is 1070. The number of amides is 2. The SMILES string of the molecule is CN(C(=O)CSc1nc(N)c(NC(=O)c2ccccc2)c(=O)[nH]1)c1ccccc1. The van der Waals surface area contributed by atoms with E-state index in [1.165, 1.54) is 4.90 Å². The maximum Gasteiger partial charge on any atom is 0.277 e. The van der Waals surface area contributed by atoms with E-state index in [0.29, 0.717) is 5.56 Å². The van der Waals surface area contributed by atoms with Crippen LogP contribution in [0, 0.1) is 0 Å².